The molecule has 0 heterocycles. The van der Waals surface area contributed by atoms with Gasteiger partial charge in [0.2, 0.25) is 5.75 Å². The van der Waals surface area contributed by atoms with Gasteiger partial charge in [0, 0.05) is 10.0 Å². The van der Waals surface area contributed by atoms with E-state index in [1.807, 2.05) is 36.4 Å². The Labute approximate surface area is 132 Å². The fourth-order valence-corrected chi connectivity index (χ4v) is 2.48. The maximum Gasteiger partial charge on any atom is 0.203 e. The van der Waals surface area contributed by atoms with Crippen LogP contribution in [-0.4, -0.2) is 21.3 Å². The summed E-state index contributed by atoms with van der Waals surface area (Å²) < 4.78 is 17.2. The molecule has 4 nitrogen and oxygen atoms in total. The minimum Gasteiger partial charge on any atom is -0.493 e. The Bertz CT molecular complexity index is 614. The average Bonchev–Trinajstić information content (AvgIpc) is 2.53. The molecule has 0 amide bonds. The summed E-state index contributed by atoms with van der Waals surface area (Å²) in [4.78, 5) is 0. The van der Waals surface area contributed by atoms with Crippen molar-refractivity contribution in [2.75, 3.05) is 21.3 Å². The van der Waals surface area contributed by atoms with Crippen LogP contribution in [0.1, 0.15) is 17.2 Å². The smallest absolute Gasteiger partial charge is 0.203 e. The van der Waals surface area contributed by atoms with Crippen LogP contribution in [0, 0.1) is 0 Å². The van der Waals surface area contributed by atoms with Crippen molar-refractivity contribution in [2.24, 2.45) is 5.73 Å². The molecule has 0 saturated carbocycles. The number of ether oxygens (including phenoxy) is 3. The summed E-state index contributed by atoms with van der Waals surface area (Å²) in [5, 5.41) is 0. The van der Waals surface area contributed by atoms with Gasteiger partial charge in [0.05, 0.1) is 27.4 Å². The van der Waals surface area contributed by atoms with Crippen molar-refractivity contribution in [1.29, 1.82) is 0 Å². The molecule has 1 unspecified atom stereocenters. The van der Waals surface area contributed by atoms with Gasteiger partial charge < -0.3 is 19.9 Å². The molecule has 2 aromatic carbocycles. The Morgan fingerprint density at radius 3 is 2.00 bits per heavy atom. The quantitative estimate of drug-likeness (QED) is 0.895. The van der Waals surface area contributed by atoms with Gasteiger partial charge in [0.1, 0.15) is 0 Å². The Hall–Kier alpha value is -1.72. The Morgan fingerprint density at radius 2 is 1.48 bits per heavy atom. The van der Waals surface area contributed by atoms with Gasteiger partial charge in [-0.05, 0) is 29.8 Å². The first-order valence-corrected chi connectivity index (χ1v) is 7.21. The van der Waals surface area contributed by atoms with Crippen LogP contribution in [0.25, 0.3) is 0 Å². The SMILES string of the molecule is COc1ccc(C(N)c2ccc(Br)cc2)c(OC)c1OC. The maximum absolute atomic E-state index is 6.37. The van der Waals surface area contributed by atoms with Crippen LogP contribution in [0.15, 0.2) is 40.9 Å². The van der Waals surface area contributed by atoms with E-state index in [0.717, 1.165) is 15.6 Å². The van der Waals surface area contributed by atoms with E-state index in [9.17, 15) is 0 Å². The fourth-order valence-electron chi connectivity index (χ4n) is 2.22. The van der Waals surface area contributed by atoms with E-state index in [2.05, 4.69) is 15.9 Å². The molecule has 2 rings (SSSR count). The van der Waals surface area contributed by atoms with Gasteiger partial charge in [-0.1, -0.05) is 28.1 Å². The van der Waals surface area contributed by atoms with Crippen LogP contribution in [0.4, 0.5) is 0 Å². The van der Waals surface area contributed by atoms with Crippen molar-refractivity contribution in [3.63, 3.8) is 0 Å². The van der Waals surface area contributed by atoms with E-state index < -0.39 is 0 Å². The summed E-state index contributed by atoms with van der Waals surface area (Å²) in [5.74, 6) is 1.75. The molecule has 0 bridgehead atoms. The number of halogens is 1. The second-order valence-corrected chi connectivity index (χ2v) is 5.37. The summed E-state index contributed by atoms with van der Waals surface area (Å²) in [5.41, 5.74) is 8.20. The maximum atomic E-state index is 6.37. The van der Waals surface area contributed by atoms with Gasteiger partial charge in [-0.3, -0.25) is 0 Å². The van der Waals surface area contributed by atoms with Crippen molar-refractivity contribution >= 4 is 15.9 Å². The molecule has 1 atom stereocenters. The second-order valence-electron chi connectivity index (χ2n) is 4.45. The molecule has 0 spiro atoms. The normalized spacial score (nSPS) is 11.9. The van der Waals surface area contributed by atoms with Gasteiger partial charge in [-0.2, -0.15) is 0 Å². The zero-order valence-electron chi connectivity index (χ0n) is 12.2. The molecule has 0 aromatic heterocycles. The zero-order valence-corrected chi connectivity index (χ0v) is 13.8. The molecular weight excluding hydrogens is 334 g/mol. The molecule has 2 N–H and O–H groups in total. The van der Waals surface area contributed by atoms with Crippen molar-refractivity contribution in [3.8, 4) is 17.2 Å². The number of nitrogens with two attached hydrogens (primary N) is 1. The van der Waals surface area contributed by atoms with Crippen molar-refractivity contribution < 1.29 is 14.2 Å². The Kier molecular flexibility index (Phi) is 5.09. The minimum atomic E-state index is -0.312. The molecule has 21 heavy (non-hydrogen) atoms. The van der Waals surface area contributed by atoms with Crippen molar-refractivity contribution in [1.82, 2.24) is 0 Å². The van der Waals surface area contributed by atoms with Gasteiger partial charge in [-0.25, -0.2) is 0 Å². The lowest BCUT2D eigenvalue weighted by molar-refractivity contribution is 0.321. The molecule has 5 heteroatoms. The third kappa shape index (κ3) is 3.14. The lowest BCUT2D eigenvalue weighted by Crippen LogP contribution is -2.13. The predicted octanol–water partition coefficient (Wildman–Crippen LogP) is 3.52. The third-order valence-corrected chi connectivity index (χ3v) is 3.83. The van der Waals surface area contributed by atoms with E-state index in [-0.39, 0.29) is 6.04 Å². The lowest BCUT2D eigenvalue weighted by atomic mass is 9.98. The van der Waals surface area contributed by atoms with Crippen LogP contribution in [0.3, 0.4) is 0 Å². The summed E-state index contributed by atoms with van der Waals surface area (Å²) in [6.07, 6.45) is 0. The van der Waals surface area contributed by atoms with Crippen LogP contribution >= 0.6 is 15.9 Å². The van der Waals surface area contributed by atoms with Crippen LogP contribution in [-0.2, 0) is 0 Å². The van der Waals surface area contributed by atoms with E-state index in [0.29, 0.717) is 17.2 Å². The first kappa shape index (κ1) is 15.7. The van der Waals surface area contributed by atoms with Gasteiger partial charge in [0.15, 0.2) is 11.5 Å². The first-order valence-electron chi connectivity index (χ1n) is 6.42. The predicted molar refractivity (Wildman–Crippen MR) is 86.3 cm³/mol. The second kappa shape index (κ2) is 6.83. The largest absolute Gasteiger partial charge is 0.493 e. The molecule has 0 aliphatic carbocycles. The number of benzene rings is 2. The summed E-state index contributed by atoms with van der Waals surface area (Å²) in [6.45, 7) is 0. The van der Waals surface area contributed by atoms with Crippen molar-refractivity contribution in [3.05, 3.63) is 52.0 Å². The molecule has 0 aliphatic heterocycles. The van der Waals surface area contributed by atoms with Crippen molar-refractivity contribution in [2.45, 2.75) is 6.04 Å². The minimum absolute atomic E-state index is 0.312. The average molecular weight is 352 g/mol. The Morgan fingerprint density at radius 1 is 0.857 bits per heavy atom. The molecule has 0 saturated heterocycles. The topological polar surface area (TPSA) is 53.7 Å². The highest BCUT2D eigenvalue weighted by Crippen LogP contribution is 2.42. The van der Waals surface area contributed by atoms with Crippen LogP contribution in [0.2, 0.25) is 0 Å². The van der Waals surface area contributed by atoms with E-state index in [1.54, 1.807) is 21.3 Å². The number of hydrogen-bond acceptors (Lipinski definition) is 4. The lowest BCUT2D eigenvalue weighted by Gasteiger charge is -2.20. The molecule has 0 aliphatic rings. The van der Waals surface area contributed by atoms with E-state index >= 15 is 0 Å². The first-order chi connectivity index (χ1) is 10.1. The summed E-state index contributed by atoms with van der Waals surface area (Å²) in [6, 6.07) is 11.3. The highest BCUT2D eigenvalue weighted by atomic mass is 79.9. The molecule has 2 aromatic rings. The van der Waals surface area contributed by atoms with E-state index in [4.69, 9.17) is 19.9 Å². The fraction of sp³-hybridized carbons (Fsp3) is 0.250. The molecule has 0 fully saturated rings. The highest BCUT2D eigenvalue weighted by molar-refractivity contribution is 9.10. The number of rotatable bonds is 5. The van der Waals surface area contributed by atoms with Crippen LogP contribution < -0.4 is 19.9 Å². The van der Waals surface area contributed by atoms with Crippen LogP contribution in [0.5, 0.6) is 17.2 Å². The van der Waals surface area contributed by atoms with Gasteiger partial charge in [-0.15, -0.1) is 0 Å². The molecule has 0 radical (unpaired) electrons. The summed E-state index contributed by atoms with van der Waals surface area (Å²) in [7, 11) is 4.76. The standard InChI is InChI=1S/C16H18BrNO3/c1-19-13-9-8-12(15(20-2)16(13)21-3)14(18)10-4-6-11(17)7-5-10/h4-9,14H,18H2,1-3H3. The third-order valence-electron chi connectivity index (χ3n) is 3.30. The van der Waals surface area contributed by atoms with Gasteiger partial charge >= 0.3 is 0 Å². The Balaban J connectivity index is 2.50. The zero-order chi connectivity index (χ0) is 15.4. The number of methoxy groups -OCH3 is 3. The monoisotopic (exact) mass is 351 g/mol. The highest BCUT2D eigenvalue weighted by Gasteiger charge is 2.21. The molecule has 112 valence electrons. The summed E-state index contributed by atoms with van der Waals surface area (Å²) >= 11 is 3.42. The van der Waals surface area contributed by atoms with Gasteiger partial charge in [0.25, 0.3) is 0 Å². The molecular formula is C16H18BrNO3. The number of hydrogen-bond donors (Lipinski definition) is 1. The van der Waals surface area contributed by atoms with E-state index in [1.165, 1.54) is 0 Å².